The highest BCUT2D eigenvalue weighted by atomic mass is 32.2. The Kier molecular flexibility index (Phi) is 7.60. The van der Waals surface area contributed by atoms with Gasteiger partial charge in [-0.05, 0) is 46.5 Å². The van der Waals surface area contributed by atoms with E-state index in [0.717, 1.165) is 40.5 Å². The first kappa shape index (κ1) is 22.8. The monoisotopic (exact) mass is 465 g/mol. The van der Waals surface area contributed by atoms with Crippen LogP contribution in [-0.4, -0.2) is 22.5 Å². The summed E-state index contributed by atoms with van der Waals surface area (Å²) < 4.78 is 6.07. The number of aromatic nitrogens is 2. The van der Waals surface area contributed by atoms with E-state index >= 15 is 0 Å². The first-order valence-electron chi connectivity index (χ1n) is 10.1. The van der Waals surface area contributed by atoms with Crippen LogP contribution in [-0.2, 0) is 17.9 Å². The van der Waals surface area contributed by atoms with Gasteiger partial charge in [0.1, 0.15) is 20.8 Å². The summed E-state index contributed by atoms with van der Waals surface area (Å²) >= 11 is 5.18. The normalized spacial score (nSPS) is 18.4. The topological polar surface area (TPSA) is 69.2 Å². The van der Waals surface area contributed by atoms with Crippen molar-refractivity contribution in [3.05, 3.63) is 46.7 Å². The van der Waals surface area contributed by atoms with E-state index in [1.54, 1.807) is 22.7 Å². The molecule has 0 saturated heterocycles. The molecule has 9 heteroatoms. The van der Waals surface area contributed by atoms with Gasteiger partial charge in [0.15, 0.2) is 6.20 Å². The van der Waals surface area contributed by atoms with Crippen molar-refractivity contribution in [3.8, 4) is 0 Å². The zero-order valence-corrected chi connectivity index (χ0v) is 20.2. The summed E-state index contributed by atoms with van der Waals surface area (Å²) in [5.41, 5.74) is 1.58. The molecule has 0 spiro atoms. The molecule has 0 unspecified atom stereocenters. The highest BCUT2D eigenvalue weighted by molar-refractivity contribution is 8.11. The maximum atomic E-state index is 13.1. The highest BCUT2D eigenvalue weighted by Gasteiger charge is 2.28. The van der Waals surface area contributed by atoms with E-state index in [1.165, 1.54) is 28.5 Å². The first-order chi connectivity index (χ1) is 14.4. The Bertz CT molecular complexity index is 1140. The van der Waals surface area contributed by atoms with Crippen molar-refractivity contribution >= 4 is 51.5 Å². The lowest BCUT2D eigenvalue weighted by Gasteiger charge is -2.19. The standard InChI is InChI=1S/C19H24N3OS3.C2H4O2/c1-4-21-10-11-24-15(21)12-16-22(5-2)18(23)17(26-16)19-20(3)13-8-6-7-9-14(13)25-19;1-2(3)4/h10-12H,4-9H2,1-3H3;1H3,(H,3,4)/q+1;/p-1/b19-17+;. The van der Waals surface area contributed by atoms with Crippen molar-refractivity contribution < 1.29 is 14.5 Å². The molecule has 30 heavy (non-hydrogen) atoms. The molecule has 6 nitrogen and oxygen atoms in total. The summed E-state index contributed by atoms with van der Waals surface area (Å²) in [6.07, 6.45) is 9.10. The lowest BCUT2D eigenvalue weighted by Crippen LogP contribution is -2.35. The summed E-state index contributed by atoms with van der Waals surface area (Å²) in [6.45, 7) is 6.81. The third kappa shape index (κ3) is 4.73. The van der Waals surface area contributed by atoms with E-state index < -0.39 is 5.97 Å². The Balaban J connectivity index is 0.000000589. The van der Waals surface area contributed by atoms with E-state index in [4.69, 9.17) is 9.90 Å². The van der Waals surface area contributed by atoms with Crippen LogP contribution in [0.5, 0.6) is 0 Å². The molecule has 0 bridgehead atoms. The number of thioether (sulfide) groups is 1. The summed E-state index contributed by atoms with van der Waals surface area (Å²) in [7, 11) is 2.12. The Morgan fingerprint density at radius 2 is 2.00 bits per heavy atom. The maximum absolute atomic E-state index is 13.1. The Morgan fingerprint density at radius 1 is 1.30 bits per heavy atom. The number of allylic oxidation sites excluding steroid dienone is 2. The van der Waals surface area contributed by atoms with E-state index in [9.17, 15) is 4.79 Å². The van der Waals surface area contributed by atoms with Crippen LogP contribution in [0.2, 0.25) is 0 Å². The number of hydrogen-bond acceptors (Lipinski definition) is 7. The molecule has 0 fully saturated rings. The molecule has 1 aliphatic carbocycles. The van der Waals surface area contributed by atoms with Crippen LogP contribution >= 0.6 is 34.4 Å². The van der Waals surface area contributed by atoms with E-state index in [-0.39, 0.29) is 5.56 Å². The minimum atomic E-state index is -1.08. The number of rotatable bonds is 3. The third-order valence-electron chi connectivity index (χ3n) is 5.04. The van der Waals surface area contributed by atoms with Crippen molar-refractivity contribution in [2.45, 2.75) is 59.5 Å². The minimum absolute atomic E-state index is 0.151. The lowest BCUT2D eigenvalue weighted by atomic mass is 10.0. The van der Waals surface area contributed by atoms with Crippen molar-refractivity contribution in [2.75, 3.05) is 7.05 Å². The molecule has 2 aromatic rings. The maximum Gasteiger partial charge on any atom is 0.271 e. The predicted molar refractivity (Wildman–Crippen MR) is 122 cm³/mol. The van der Waals surface area contributed by atoms with Crippen molar-refractivity contribution in [2.24, 2.45) is 0 Å². The number of carbonyl (C=O) groups is 1. The molecular formula is C21H27N3O3S3. The van der Waals surface area contributed by atoms with Crippen LogP contribution in [0.1, 0.15) is 51.5 Å². The fraction of sp³-hybridized carbons (Fsp3) is 0.476. The van der Waals surface area contributed by atoms with Crippen molar-refractivity contribution in [1.82, 2.24) is 9.47 Å². The van der Waals surface area contributed by atoms with Crippen LogP contribution in [0, 0.1) is 0 Å². The molecule has 0 atom stereocenters. The second-order valence-corrected chi connectivity index (χ2v) is 10.1. The van der Waals surface area contributed by atoms with Gasteiger partial charge in [-0.25, -0.2) is 0 Å². The SMILES string of the molecule is CC(=O)[O-].CCn1c(=O)/c(=C2\SC3=C(CCCC3)N2C)s/c1=C\c1scc[n+]1CC. The Hall–Kier alpha value is -1.84. The summed E-state index contributed by atoms with van der Waals surface area (Å²) in [6, 6.07) is 0. The fourth-order valence-corrected chi connectivity index (χ4v) is 7.16. The van der Waals surface area contributed by atoms with Gasteiger partial charge in [0.2, 0.25) is 0 Å². The first-order valence-corrected chi connectivity index (χ1v) is 12.6. The molecule has 0 aromatic carbocycles. The summed E-state index contributed by atoms with van der Waals surface area (Å²) in [5.74, 6) is -1.08. The quantitative estimate of drug-likeness (QED) is 0.641. The van der Waals surface area contributed by atoms with Crippen molar-refractivity contribution in [3.63, 3.8) is 0 Å². The largest absolute Gasteiger partial charge is 0.550 e. The van der Waals surface area contributed by atoms with E-state index in [0.29, 0.717) is 6.54 Å². The fourth-order valence-electron chi connectivity index (χ4n) is 3.60. The molecule has 3 heterocycles. The van der Waals surface area contributed by atoms with Crippen LogP contribution in [0.4, 0.5) is 0 Å². The molecule has 2 aromatic heterocycles. The highest BCUT2D eigenvalue weighted by Crippen LogP contribution is 2.46. The van der Waals surface area contributed by atoms with Gasteiger partial charge in [0.05, 0.1) is 11.5 Å². The van der Waals surface area contributed by atoms with Crippen LogP contribution in [0.15, 0.2) is 27.0 Å². The molecule has 2 aliphatic rings. The second kappa shape index (κ2) is 9.98. The van der Waals surface area contributed by atoms with Gasteiger partial charge < -0.3 is 14.8 Å². The number of aryl methyl sites for hydroxylation is 1. The van der Waals surface area contributed by atoms with Gasteiger partial charge in [-0.2, -0.15) is 4.57 Å². The zero-order chi connectivity index (χ0) is 21.8. The Morgan fingerprint density at radius 3 is 2.63 bits per heavy atom. The minimum Gasteiger partial charge on any atom is -0.550 e. The van der Waals surface area contributed by atoms with Gasteiger partial charge in [-0.1, -0.05) is 23.1 Å². The number of nitrogens with zero attached hydrogens (tertiary/aromatic N) is 3. The summed E-state index contributed by atoms with van der Waals surface area (Å²) in [5, 5.41) is 13.3. The molecule has 0 saturated carbocycles. The number of thiazole rings is 2. The average molecular weight is 466 g/mol. The third-order valence-corrected chi connectivity index (χ3v) is 8.50. The molecule has 0 N–H and O–H groups in total. The average Bonchev–Trinajstić information content (AvgIpc) is 3.38. The van der Waals surface area contributed by atoms with Crippen molar-refractivity contribution in [1.29, 1.82) is 0 Å². The molecular weight excluding hydrogens is 438 g/mol. The molecule has 162 valence electrons. The molecule has 4 rings (SSSR count). The Labute approximate surface area is 188 Å². The van der Waals surface area contributed by atoms with Gasteiger partial charge in [0, 0.05) is 30.2 Å². The number of carbonyl (C=O) groups excluding carboxylic acids is 1. The van der Waals surface area contributed by atoms with Gasteiger partial charge in [-0.15, -0.1) is 11.3 Å². The molecule has 0 radical (unpaired) electrons. The van der Waals surface area contributed by atoms with Crippen LogP contribution in [0.25, 0.3) is 11.1 Å². The van der Waals surface area contributed by atoms with Gasteiger partial charge >= 0.3 is 0 Å². The summed E-state index contributed by atoms with van der Waals surface area (Å²) in [4.78, 5) is 25.7. The number of aliphatic carboxylic acids is 1. The van der Waals surface area contributed by atoms with E-state index in [1.807, 2.05) is 16.3 Å². The van der Waals surface area contributed by atoms with Gasteiger partial charge in [0.25, 0.3) is 10.6 Å². The van der Waals surface area contributed by atoms with Gasteiger partial charge in [-0.3, -0.25) is 9.36 Å². The zero-order valence-electron chi connectivity index (χ0n) is 17.8. The number of carboxylic acid groups (broad SMARTS) is 1. The lowest BCUT2D eigenvalue weighted by molar-refractivity contribution is -0.690. The van der Waals surface area contributed by atoms with Crippen LogP contribution < -0.4 is 24.4 Å². The van der Waals surface area contributed by atoms with Crippen LogP contribution in [0.3, 0.4) is 0 Å². The van der Waals surface area contributed by atoms with E-state index in [2.05, 4.69) is 48.0 Å². The molecule has 1 aliphatic heterocycles. The smallest absolute Gasteiger partial charge is 0.271 e. The number of hydrogen-bond donors (Lipinski definition) is 0. The number of carboxylic acids is 1. The second-order valence-electron chi connectivity index (χ2n) is 7.03. The predicted octanol–water partition coefficient (Wildman–Crippen LogP) is 1.41. The molecule has 0 amide bonds.